The zero-order chi connectivity index (χ0) is 25.1. The molecule has 4 rings (SSSR count). The number of esters is 1. The molecule has 0 unspecified atom stereocenters. The number of nitrogens with one attached hydrogen (secondary N) is 1. The van der Waals surface area contributed by atoms with Gasteiger partial charge in [0, 0.05) is 24.4 Å². The Balaban J connectivity index is 1.74. The summed E-state index contributed by atoms with van der Waals surface area (Å²) >= 11 is 0. The number of hydrogen-bond acceptors (Lipinski definition) is 5. The third kappa shape index (κ3) is 5.21. The highest BCUT2D eigenvalue weighted by molar-refractivity contribution is 5.90. The Labute approximate surface area is 204 Å². The van der Waals surface area contributed by atoms with Gasteiger partial charge in [-0.3, -0.25) is 4.79 Å². The molecule has 1 amide bonds. The van der Waals surface area contributed by atoms with E-state index in [4.69, 9.17) is 9.47 Å². The fourth-order valence-corrected chi connectivity index (χ4v) is 4.76. The number of rotatable bonds is 7. The lowest BCUT2D eigenvalue weighted by molar-refractivity contribution is -0.119. The molecular formula is C27H30FN3O4. The van der Waals surface area contributed by atoms with Crippen molar-refractivity contribution < 1.29 is 23.5 Å². The summed E-state index contributed by atoms with van der Waals surface area (Å²) in [7, 11) is 1.34. The van der Waals surface area contributed by atoms with Crippen molar-refractivity contribution in [3.63, 3.8) is 0 Å². The number of halogens is 1. The number of carbonyl (C=O) groups is 2. The summed E-state index contributed by atoms with van der Waals surface area (Å²) in [5.74, 6) is -0.758. The predicted molar refractivity (Wildman–Crippen MR) is 130 cm³/mol. The molecule has 35 heavy (non-hydrogen) atoms. The molecule has 1 aromatic heterocycles. The summed E-state index contributed by atoms with van der Waals surface area (Å²) in [5, 5.41) is 7.48. The molecule has 0 bridgehead atoms. The molecule has 1 heterocycles. The molecule has 0 radical (unpaired) electrons. The molecule has 3 aromatic rings. The first-order chi connectivity index (χ1) is 16.8. The van der Waals surface area contributed by atoms with Gasteiger partial charge in [-0.15, -0.1) is 0 Å². The van der Waals surface area contributed by atoms with Crippen molar-refractivity contribution in [3.8, 4) is 22.6 Å². The fraction of sp³-hybridized carbons (Fsp3) is 0.370. The summed E-state index contributed by atoms with van der Waals surface area (Å²) in [6.45, 7) is 5.21. The predicted octanol–water partition coefficient (Wildman–Crippen LogP) is 5.02. The van der Waals surface area contributed by atoms with Crippen LogP contribution in [0.4, 0.5) is 4.39 Å². The Kier molecular flexibility index (Phi) is 7.19. The minimum atomic E-state index is -0.463. The Bertz CT molecular complexity index is 1240. The lowest BCUT2D eigenvalue weighted by Gasteiger charge is -2.17. The molecule has 1 saturated carbocycles. The molecule has 0 spiro atoms. The van der Waals surface area contributed by atoms with Crippen molar-refractivity contribution in [2.45, 2.75) is 58.1 Å². The van der Waals surface area contributed by atoms with Crippen LogP contribution in [0.15, 0.2) is 48.7 Å². The monoisotopic (exact) mass is 479 g/mol. The number of methoxy groups -OCH3 is 1. The molecule has 1 N–H and O–H groups in total. The van der Waals surface area contributed by atoms with E-state index < -0.39 is 11.8 Å². The van der Waals surface area contributed by atoms with Crippen LogP contribution in [0.2, 0.25) is 0 Å². The quantitative estimate of drug-likeness (QED) is 0.481. The Morgan fingerprint density at radius 2 is 1.94 bits per heavy atom. The van der Waals surface area contributed by atoms with E-state index in [0.29, 0.717) is 28.8 Å². The van der Waals surface area contributed by atoms with Crippen LogP contribution in [0.25, 0.3) is 16.8 Å². The van der Waals surface area contributed by atoms with Gasteiger partial charge in [0.25, 0.3) is 0 Å². The van der Waals surface area contributed by atoms with Gasteiger partial charge >= 0.3 is 5.97 Å². The molecule has 1 aliphatic rings. The summed E-state index contributed by atoms with van der Waals surface area (Å²) < 4.78 is 27.6. The van der Waals surface area contributed by atoms with Crippen LogP contribution < -0.4 is 10.1 Å². The van der Waals surface area contributed by atoms with Crippen LogP contribution in [0.5, 0.6) is 5.75 Å². The molecular weight excluding hydrogens is 449 g/mol. The van der Waals surface area contributed by atoms with Crippen LogP contribution in [-0.2, 0) is 9.53 Å². The molecule has 2 atom stereocenters. The number of carbonyl (C=O) groups excluding carboxylic acids is 2. The lowest BCUT2D eigenvalue weighted by atomic mass is 9.99. The highest BCUT2D eigenvalue weighted by Gasteiger charge is 2.33. The van der Waals surface area contributed by atoms with Gasteiger partial charge in [-0.2, -0.15) is 5.10 Å². The minimum Gasteiger partial charge on any atom is -0.488 e. The fourth-order valence-electron chi connectivity index (χ4n) is 4.76. The van der Waals surface area contributed by atoms with Crippen molar-refractivity contribution >= 4 is 11.9 Å². The largest absolute Gasteiger partial charge is 0.488 e. The van der Waals surface area contributed by atoms with E-state index in [1.54, 1.807) is 22.9 Å². The van der Waals surface area contributed by atoms with Crippen LogP contribution >= 0.6 is 0 Å². The number of aromatic nitrogens is 2. The summed E-state index contributed by atoms with van der Waals surface area (Å²) in [6.07, 6.45) is 3.66. The van der Waals surface area contributed by atoms with Crippen molar-refractivity contribution in [2.75, 3.05) is 7.11 Å². The maximum Gasteiger partial charge on any atom is 0.341 e. The van der Waals surface area contributed by atoms with E-state index in [1.165, 1.54) is 20.2 Å². The molecule has 0 aliphatic heterocycles. The van der Waals surface area contributed by atoms with E-state index in [2.05, 4.69) is 10.4 Å². The summed E-state index contributed by atoms with van der Waals surface area (Å²) in [6, 6.07) is 12.5. The van der Waals surface area contributed by atoms with Gasteiger partial charge in [-0.05, 0) is 56.9 Å². The van der Waals surface area contributed by atoms with Crippen LogP contribution in [-0.4, -0.2) is 40.9 Å². The van der Waals surface area contributed by atoms with E-state index >= 15 is 4.39 Å². The van der Waals surface area contributed by atoms with Gasteiger partial charge in [0.15, 0.2) is 11.6 Å². The zero-order valence-corrected chi connectivity index (χ0v) is 20.4. The third-order valence-electron chi connectivity index (χ3n) is 6.17. The second-order valence-corrected chi connectivity index (χ2v) is 9.09. The minimum absolute atomic E-state index is 0.00612. The maximum atomic E-state index is 15.2. The number of amides is 1. The van der Waals surface area contributed by atoms with E-state index in [9.17, 15) is 9.59 Å². The molecule has 1 fully saturated rings. The van der Waals surface area contributed by atoms with E-state index in [1.807, 2.05) is 38.1 Å². The molecule has 2 aromatic carbocycles. The average Bonchev–Trinajstić information content (AvgIpc) is 3.46. The van der Waals surface area contributed by atoms with Crippen molar-refractivity contribution in [3.05, 3.63) is 65.7 Å². The molecule has 1 aliphatic carbocycles. The smallest absolute Gasteiger partial charge is 0.341 e. The Morgan fingerprint density at radius 3 is 2.66 bits per heavy atom. The van der Waals surface area contributed by atoms with E-state index in [-0.39, 0.29) is 29.7 Å². The van der Waals surface area contributed by atoms with Gasteiger partial charge in [0.1, 0.15) is 5.56 Å². The van der Waals surface area contributed by atoms with Crippen LogP contribution in [0, 0.1) is 5.82 Å². The first kappa shape index (κ1) is 24.4. The zero-order valence-electron chi connectivity index (χ0n) is 20.4. The third-order valence-corrected chi connectivity index (χ3v) is 6.17. The summed E-state index contributed by atoms with van der Waals surface area (Å²) in [5.41, 5.74) is 2.91. The second kappa shape index (κ2) is 10.3. The topological polar surface area (TPSA) is 82.4 Å². The van der Waals surface area contributed by atoms with Gasteiger partial charge < -0.3 is 14.8 Å². The van der Waals surface area contributed by atoms with Gasteiger partial charge in [0.2, 0.25) is 5.91 Å². The van der Waals surface area contributed by atoms with E-state index in [0.717, 1.165) is 18.5 Å². The van der Waals surface area contributed by atoms with Crippen LogP contribution in [0.1, 0.15) is 62.0 Å². The molecule has 7 nitrogen and oxygen atoms in total. The first-order valence-electron chi connectivity index (χ1n) is 11.8. The Hall–Kier alpha value is -3.68. The van der Waals surface area contributed by atoms with Crippen molar-refractivity contribution in [1.29, 1.82) is 0 Å². The number of nitrogens with zero attached hydrogens (tertiary/aromatic N) is 2. The highest BCUT2D eigenvalue weighted by atomic mass is 19.1. The van der Waals surface area contributed by atoms with Gasteiger partial charge in [-0.25, -0.2) is 13.9 Å². The Morgan fingerprint density at radius 1 is 1.17 bits per heavy atom. The maximum absolute atomic E-state index is 15.2. The van der Waals surface area contributed by atoms with Gasteiger partial charge in [0.05, 0.1) is 30.8 Å². The SMILES string of the molecule is COC(=O)c1cnn(-c2cccc(-c3cccc(OC(C)C)c3F)c2)c1[C@H]1CC[C@@H](NC(C)=O)C1. The molecule has 8 heteroatoms. The second-order valence-electron chi connectivity index (χ2n) is 9.09. The standard InChI is InChI=1S/C27H30FN3O4/c1-16(2)35-24-10-6-9-22(25(24)28)18-7-5-8-21(14-18)31-26(23(15-29-31)27(33)34-4)19-11-12-20(13-19)30-17(3)32/h5-10,14-16,19-20H,11-13H2,1-4H3,(H,30,32)/t19-,20+/m0/s1. The summed E-state index contributed by atoms with van der Waals surface area (Å²) in [4.78, 5) is 24.1. The van der Waals surface area contributed by atoms with Gasteiger partial charge in [-0.1, -0.05) is 24.3 Å². The average molecular weight is 480 g/mol. The van der Waals surface area contributed by atoms with Crippen LogP contribution in [0.3, 0.4) is 0 Å². The molecule has 184 valence electrons. The normalized spacial score (nSPS) is 17.4. The van der Waals surface area contributed by atoms with Crippen molar-refractivity contribution in [2.24, 2.45) is 0 Å². The first-order valence-corrected chi connectivity index (χ1v) is 11.8. The highest BCUT2D eigenvalue weighted by Crippen LogP contribution is 2.38. The number of benzene rings is 2. The van der Waals surface area contributed by atoms with Crippen molar-refractivity contribution in [1.82, 2.24) is 15.1 Å². The molecule has 0 saturated heterocycles. The number of ether oxygens (including phenoxy) is 2. The lowest BCUT2D eigenvalue weighted by Crippen LogP contribution is -2.30. The number of hydrogen-bond donors (Lipinski definition) is 1.